The molecule has 0 atom stereocenters. The number of hydrogen-bond acceptors (Lipinski definition) is 5. The van der Waals surface area contributed by atoms with E-state index < -0.39 is 0 Å². The Morgan fingerprint density at radius 3 is 2.48 bits per heavy atom. The van der Waals surface area contributed by atoms with E-state index in [0.717, 1.165) is 37.5 Å². The van der Waals surface area contributed by atoms with E-state index in [4.69, 9.17) is 9.47 Å². The average Bonchev–Trinajstić information content (AvgIpc) is 2.64. The fourth-order valence-corrected chi connectivity index (χ4v) is 5.88. The molecule has 1 N–H and O–H groups in total. The molecule has 0 unspecified atom stereocenters. The highest BCUT2D eigenvalue weighted by Gasteiger charge is 2.51. The monoisotopic (exact) mass is 369 g/mol. The van der Waals surface area contributed by atoms with Crippen LogP contribution >= 0.6 is 0 Å². The maximum atomic E-state index is 12.7. The summed E-state index contributed by atoms with van der Waals surface area (Å²) in [4.78, 5) is 36.6. The fraction of sp³-hybridized carbons (Fsp3) is 0.571. The van der Waals surface area contributed by atoms with Crippen LogP contribution in [-0.2, 0) is 14.3 Å². The van der Waals surface area contributed by atoms with Gasteiger partial charge in [-0.25, -0.2) is 0 Å². The number of carbonyl (C=O) groups excluding carboxylic acids is 3. The molecule has 4 fully saturated rings. The number of ketones is 1. The van der Waals surface area contributed by atoms with Crippen LogP contribution in [0.4, 0.5) is 5.69 Å². The number of carbonyl (C=O) groups is 3. The van der Waals surface area contributed by atoms with Crippen LogP contribution in [0.5, 0.6) is 5.75 Å². The first-order valence-electron chi connectivity index (χ1n) is 9.83. The van der Waals surface area contributed by atoms with Gasteiger partial charge in [0.2, 0.25) is 0 Å². The number of anilines is 1. The van der Waals surface area contributed by atoms with Gasteiger partial charge in [-0.05, 0) is 74.0 Å². The zero-order valence-corrected chi connectivity index (χ0v) is 15.1. The quantitative estimate of drug-likeness (QED) is 0.652. The first-order chi connectivity index (χ1) is 13.1. The van der Waals surface area contributed by atoms with E-state index in [1.807, 2.05) is 0 Å². The van der Waals surface area contributed by atoms with E-state index in [-0.39, 0.29) is 36.8 Å². The Hall–Kier alpha value is -2.37. The molecule has 6 nitrogen and oxygen atoms in total. The molecule has 1 aromatic rings. The van der Waals surface area contributed by atoms with Gasteiger partial charge in [-0.2, -0.15) is 0 Å². The number of fused-ring (bicyclic) bond motifs is 1. The van der Waals surface area contributed by atoms with Crippen molar-refractivity contribution < 1.29 is 23.9 Å². The van der Waals surface area contributed by atoms with E-state index in [1.54, 1.807) is 18.2 Å². The van der Waals surface area contributed by atoms with Crippen LogP contribution in [0.15, 0.2) is 18.2 Å². The van der Waals surface area contributed by atoms with Gasteiger partial charge in [0, 0.05) is 5.56 Å². The van der Waals surface area contributed by atoms with Crippen molar-refractivity contribution in [3.05, 3.63) is 23.8 Å². The smallest absolute Gasteiger partial charge is 0.309 e. The van der Waals surface area contributed by atoms with Crippen LogP contribution in [0.2, 0.25) is 0 Å². The molecule has 0 saturated heterocycles. The topological polar surface area (TPSA) is 81.7 Å². The van der Waals surface area contributed by atoms with Crippen molar-refractivity contribution in [2.24, 2.45) is 29.6 Å². The molecule has 1 amide bonds. The summed E-state index contributed by atoms with van der Waals surface area (Å²) in [7, 11) is 0. The van der Waals surface area contributed by atoms with Crippen LogP contribution in [0.25, 0.3) is 0 Å². The normalized spacial score (nSPS) is 33.0. The third kappa shape index (κ3) is 3.01. The SMILES string of the molecule is O=C1COc2ccc(C(=O)COC(=O)C3C4CC5CC(C4)CC3C5)cc2N1. The lowest BCUT2D eigenvalue weighted by atomic mass is 9.52. The highest BCUT2D eigenvalue weighted by Crippen LogP contribution is 2.56. The number of Topliss-reactive ketones (excluding diaryl/α,β-unsaturated/α-hetero) is 1. The van der Waals surface area contributed by atoms with Gasteiger partial charge in [-0.3, -0.25) is 14.4 Å². The molecule has 6 heteroatoms. The number of ether oxygens (including phenoxy) is 2. The molecule has 1 aromatic carbocycles. The van der Waals surface area contributed by atoms with Crippen molar-refractivity contribution in [2.45, 2.75) is 32.1 Å². The second kappa shape index (κ2) is 6.36. The van der Waals surface area contributed by atoms with Crippen molar-refractivity contribution in [2.75, 3.05) is 18.5 Å². The lowest BCUT2D eigenvalue weighted by Crippen LogP contribution is -2.48. The first kappa shape index (κ1) is 16.8. The Balaban J connectivity index is 1.23. The molecule has 1 heterocycles. The van der Waals surface area contributed by atoms with Gasteiger partial charge >= 0.3 is 5.97 Å². The molecule has 6 rings (SSSR count). The Kier molecular flexibility index (Phi) is 3.95. The van der Waals surface area contributed by atoms with Gasteiger partial charge in [0.05, 0.1) is 11.6 Å². The van der Waals surface area contributed by atoms with Crippen LogP contribution in [-0.4, -0.2) is 30.9 Å². The second-order valence-corrected chi connectivity index (χ2v) is 8.54. The highest BCUT2D eigenvalue weighted by molar-refractivity contribution is 6.01. The van der Waals surface area contributed by atoms with E-state index in [0.29, 0.717) is 28.8 Å². The number of nitrogens with one attached hydrogen (secondary N) is 1. The van der Waals surface area contributed by atoms with E-state index in [9.17, 15) is 14.4 Å². The maximum absolute atomic E-state index is 12.7. The summed E-state index contributed by atoms with van der Waals surface area (Å²) in [5.41, 5.74) is 0.877. The molecule has 4 saturated carbocycles. The number of amides is 1. The summed E-state index contributed by atoms with van der Waals surface area (Å²) < 4.78 is 10.7. The average molecular weight is 369 g/mol. The van der Waals surface area contributed by atoms with E-state index in [1.165, 1.54) is 6.42 Å². The van der Waals surface area contributed by atoms with Gasteiger partial charge in [0.15, 0.2) is 19.0 Å². The predicted molar refractivity (Wildman–Crippen MR) is 96.4 cm³/mol. The summed E-state index contributed by atoms with van der Waals surface area (Å²) in [6, 6.07) is 4.86. The van der Waals surface area contributed by atoms with Crippen molar-refractivity contribution in [3.63, 3.8) is 0 Å². The number of rotatable bonds is 4. The van der Waals surface area contributed by atoms with Crippen LogP contribution < -0.4 is 10.1 Å². The standard InChI is InChI=1S/C21H23NO5/c23-17(13-1-2-18-16(8-13)22-19(24)10-26-18)9-27-21(25)20-14-4-11-3-12(6-14)7-15(20)5-11/h1-2,8,11-12,14-15,20H,3-7,9-10H2,(H,22,24). The number of esters is 1. The summed E-state index contributed by atoms with van der Waals surface area (Å²) in [5.74, 6) is 2.28. The Labute approximate surface area is 157 Å². The minimum Gasteiger partial charge on any atom is -0.482 e. The molecular formula is C21H23NO5. The third-order valence-electron chi connectivity index (χ3n) is 6.78. The van der Waals surface area contributed by atoms with Crippen molar-refractivity contribution >= 4 is 23.3 Å². The van der Waals surface area contributed by atoms with Crippen LogP contribution in [0.1, 0.15) is 42.5 Å². The molecule has 4 bridgehead atoms. The lowest BCUT2D eigenvalue weighted by molar-refractivity contribution is -0.161. The van der Waals surface area contributed by atoms with Gasteiger partial charge < -0.3 is 14.8 Å². The summed E-state index contributed by atoms with van der Waals surface area (Å²) in [6.45, 7) is -0.279. The molecule has 4 aliphatic carbocycles. The molecule has 0 aromatic heterocycles. The Morgan fingerprint density at radius 1 is 1.07 bits per heavy atom. The number of hydrogen-bond donors (Lipinski definition) is 1. The summed E-state index contributed by atoms with van der Waals surface area (Å²) >= 11 is 0. The van der Waals surface area contributed by atoms with E-state index >= 15 is 0 Å². The Morgan fingerprint density at radius 2 is 1.78 bits per heavy atom. The van der Waals surface area contributed by atoms with Gasteiger partial charge in [0.1, 0.15) is 5.75 Å². The van der Waals surface area contributed by atoms with E-state index in [2.05, 4.69) is 5.32 Å². The summed E-state index contributed by atoms with van der Waals surface area (Å²) in [5, 5.41) is 2.68. The molecule has 27 heavy (non-hydrogen) atoms. The van der Waals surface area contributed by atoms with Gasteiger partial charge in [-0.15, -0.1) is 0 Å². The minimum atomic E-state index is -0.269. The fourth-order valence-electron chi connectivity index (χ4n) is 5.88. The van der Waals surface area contributed by atoms with Crippen molar-refractivity contribution in [1.82, 2.24) is 0 Å². The third-order valence-corrected chi connectivity index (χ3v) is 6.78. The lowest BCUT2D eigenvalue weighted by Gasteiger charge is -2.53. The zero-order chi connectivity index (χ0) is 18.5. The van der Waals surface area contributed by atoms with Gasteiger partial charge in [-0.1, -0.05) is 0 Å². The predicted octanol–water partition coefficient (Wildman–Crippen LogP) is 2.82. The zero-order valence-electron chi connectivity index (χ0n) is 15.1. The molecule has 0 spiro atoms. The van der Waals surface area contributed by atoms with Gasteiger partial charge in [0.25, 0.3) is 5.91 Å². The van der Waals surface area contributed by atoms with Crippen molar-refractivity contribution in [1.29, 1.82) is 0 Å². The second-order valence-electron chi connectivity index (χ2n) is 8.54. The number of benzene rings is 1. The molecule has 5 aliphatic rings. The highest BCUT2D eigenvalue weighted by atomic mass is 16.5. The molecular weight excluding hydrogens is 346 g/mol. The van der Waals surface area contributed by atoms with Crippen molar-refractivity contribution in [3.8, 4) is 5.75 Å². The Bertz CT molecular complexity index is 789. The summed E-state index contributed by atoms with van der Waals surface area (Å²) in [6.07, 6.45) is 5.92. The largest absolute Gasteiger partial charge is 0.482 e. The van der Waals surface area contributed by atoms with Crippen LogP contribution in [0.3, 0.4) is 0 Å². The van der Waals surface area contributed by atoms with Crippen LogP contribution in [0, 0.1) is 29.6 Å². The minimum absolute atomic E-state index is 0.0245. The molecule has 142 valence electrons. The first-order valence-corrected chi connectivity index (χ1v) is 9.83. The molecule has 0 radical (unpaired) electrons. The maximum Gasteiger partial charge on any atom is 0.309 e. The molecule has 1 aliphatic heterocycles.